The Morgan fingerprint density at radius 2 is 1.95 bits per heavy atom. The van der Waals surface area contributed by atoms with Crippen LogP contribution in [0.5, 0.6) is 5.75 Å². The largest absolute Gasteiger partial charge is 0.491 e. The van der Waals surface area contributed by atoms with Gasteiger partial charge in [0.25, 0.3) is 0 Å². The Hall–Kier alpha value is -0.500. The van der Waals surface area contributed by atoms with Gasteiger partial charge in [-0.05, 0) is 65.1 Å². The smallest absolute Gasteiger partial charge is 0.119 e. The normalized spacial score (nSPS) is 12.0. The Balaban J connectivity index is 1.79. The van der Waals surface area contributed by atoms with Crippen molar-refractivity contribution in [3.05, 3.63) is 55.5 Å². The first kappa shape index (κ1) is 16.9. The molecule has 21 heavy (non-hydrogen) atoms. The van der Waals surface area contributed by atoms with Crippen molar-refractivity contribution in [1.82, 2.24) is 0 Å². The minimum atomic E-state index is -0.621. The van der Waals surface area contributed by atoms with Crippen LogP contribution in [0.3, 0.4) is 0 Å². The molecule has 2 N–H and O–H groups in total. The second-order valence-corrected chi connectivity index (χ2v) is 6.99. The predicted octanol–water partition coefficient (Wildman–Crippen LogP) is 4.56. The number of nitrogens with one attached hydrogen (secondary N) is 1. The molecule has 3 nitrogen and oxygen atoms in total. The maximum atomic E-state index is 9.93. The van der Waals surface area contributed by atoms with Crippen molar-refractivity contribution in [2.24, 2.45) is 0 Å². The molecule has 0 radical (unpaired) electrons. The van der Waals surface area contributed by atoms with E-state index in [-0.39, 0.29) is 6.61 Å². The quantitative estimate of drug-likeness (QED) is 0.594. The van der Waals surface area contributed by atoms with Crippen LogP contribution >= 0.6 is 50.1 Å². The van der Waals surface area contributed by atoms with Crippen LogP contribution in [0, 0.1) is 3.57 Å². The fourth-order valence-electron chi connectivity index (χ4n) is 1.64. The average molecular weight is 483 g/mol. The van der Waals surface area contributed by atoms with Crippen molar-refractivity contribution in [3.8, 4) is 5.75 Å². The highest BCUT2D eigenvalue weighted by atomic mass is 127. The Kier molecular flexibility index (Phi) is 6.60. The van der Waals surface area contributed by atoms with Gasteiger partial charge in [-0.1, -0.05) is 27.5 Å². The molecule has 0 heterocycles. The number of hydrogen-bond donors (Lipinski definition) is 2. The first-order valence-corrected chi connectivity index (χ1v) is 8.55. The summed E-state index contributed by atoms with van der Waals surface area (Å²) < 4.78 is 7.58. The van der Waals surface area contributed by atoms with Gasteiger partial charge in [-0.3, -0.25) is 0 Å². The van der Waals surface area contributed by atoms with Crippen LogP contribution in [0.1, 0.15) is 0 Å². The zero-order valence-corrected chi connectivity index (χ0v) is 15.5. The van der Waals surface area contributed by atoms with Crippen molar-refractivity contribution in [3.63, 3.8) is 0 Å². The Labute approximate surface area is 150 Å². The fraction of sp³-hybridized carbons (Fsp3) is 0.200. The van der Waals surface area contributed by atoms with Crippen molar-refractivity contribution < 1.29 is 9.84 Å². The molecule has 0 fully saturated rings. The van der Waals surface area contributed by atoms with E-state index in [0.717, 1.165) is 19.5 Å². The lowest BCUT2D eigenvalue weighted by Crippen LogP contribution is -2.26. The van der Waals surface area contributed by atoms with E-state index in [1.54, 1.807) is 0 Å². The van der Waals surface area contributed by atoms with E-state index in [2.05, 4.69) is 43.8 Å². The molecule has 6 heteroatoms. The van der Waals surface area contributed by atoms with Crippen LogP contribution in [-0.2, 0) is 0 Å². The predicted molar refractivity (Wildman–Crippen MR) is 98.3 cm³/mol. The van der Waals surface area contributed by atoms with Crippen LogP contribution in [0.25, 0.3) is 0 Å². The number of anilines is 1. The van der Waals surface area contributed by atoms with Gasteiger partial charge in [0, 0.05) is 14.6 Å². The average Bonchev–Trinajstić information content (AvgIpc) is 2.46. The minimum Gasteiger partial charge on any atom is -0.491 e. The molecule has 0 bridgehead atoms. The highest BCUT2D eigenvalue weighted by Gasteiger charge is 2.07. The monoisotopic (exact) mass is 481 g/mol. The first-order valence-electron chi connectivity index (χ1n) is 6.30. The topological polar surface area (TPSA) is 41.5 Å². The molecule has 0 amide bonds. The highest BCUT2D eigenvalue weighted by molar-refractivity contribution is 14.1. The van der Waals surface area contributed by atoms with E-state index in [0.29, 0.717) is 11.6 Å². The molecule has 0 saturated carbocycles. The second-order valence-electron chi connectivity index (χ2n) is 4.42. The van der Waals surface area contributed by atoms with Gasteiger partial charge in [0.2, 0.25) is 0 Å². The molecule has 2 rings (SSSR count). The zero-order chi connectivity index (χ0) is 15.2. The molecular weight excluding hydrogens is 468 g/mol. The number of aliphatic hydroxyl groups excluding tert-OH is 1. The Bertz CT molecular complexity index is 595. The summed E-state index contributed by atoms with van der Waals surface area (Å²) in [6.07, 6.45) is -0.621. The first-order chi connectivity index (χ1) is 10.0. The molecule has 2 aromatic rings. The second kappa shape index (κ2) is 8.22. The van der Waals surface area contributed by atoms with Crippen molar-refractivity contribution in [2.45, 2.75) is 6.10 Å². The molecule has 0 aliphatic rings. The molecule has 0 aliphatic heterocycles. The molecule has 0 aliphatic carbocycles. The fourth-order valence-corrected chi connectivity index (χ4v) is 2.83. The van der Waals surface area contributed by atoms with Crippen molar-refractivity contribution >= 4 is 55.8 Å². The van der Waals surface area contributed by atoms with Crippen LogP contribution in [0.4, 0.5) is 5.69 Å². The standard InChI is InChI=1S/C15H14BrClINO2/c16-10-1-4-13(5-2-10)21-9-12(20)8-19-15-6-3-11(18)7-14(15)17/h1-7,12,19-20H,8-9H2. The summed E-state index contributed by atoms with van der Waals surface area (Å²) in [6.45, 7) is 0.591. The molecule has 1 unspecified atom stereocenters. The summed E-state index contributed by atoms with van der Waals surface area (Å²) in [4.78, 5) is 0. The summed E-state index contributed by atoms with van der Waals surface area (Å²) in [5, 5.41) is 13.7. The van der Waals surface area contributed by atoms with Gasteiger partial charge in [-0.2, -0.15) is 0 Å². The third-order valence-electron chi connectivity index (χ3n) is 2.72. The Morgan fingerprint density at radius 1 is 1.24 bits per heavy atom. The number of aliphatic hydroxyl groups is 1. The van der Waals surface area contributed by atoms with Crippen LogP contribution < -0.4 is 10.1 Å². The number of rotatable bonds is 6. The summed E-state index contributed by atoms with van der Waals surface area (Å²) in [7, 11) is 0. The minimum absolute atomic E-state index is 0.219. The van der Waals surface area contributed by atoms with Crippen LogP contribution in [-0.4, -0.2) is 24.4 Å². The van der Waals surface area contributed by atoms with Gasteiger partial charge in [0.15, 0.2) is 0 Å². The van der Waals surface area contributed by atoms with Crippen LogP contribution in [0.15, 0.2) is 46.9 Å². The lowest BCUT2D eigenvalue weighted by Gasteiger charge is -2.15. The molecule has 0 aromatic heterocycles. The Morgan fingerprint density at radius 3 is 2.62 bits per heavy atom. The zero-order valence-electron chi connectivity index (χ0n) is 11.0. The lowest BCUT2D eigenvalue weighted by molar-refractivity contribution is 0.117. The van der Waals surface area contributed by atoms with Gasteiger partial charge < -0.3 is 15.2 Å². The lowest BCUT2D eigenvalue weighted by atomic mass is 10.3. The molecule has 112 valence electrons. The van der Waals surface area contributed by atoms with Gasteiger partial charge in [0.05, 0.1) is 10.7 Å². The maximum Gasteiger partial charge on any atom is 0.119 e. The third-order valence-corrected chi connectivity index (χ3v) is 4.23. The molecule has 1 atom stereocenters. The van der Waals surface area contributed by atoms with E-state index in [4.69, 9.17) is 16.3 Å². The van der Waals surface area contributed by atoms with Crippen molar-refractivity contribution in [2.75, 3.05) is 18.5 Å². The van der Waals surface area contributed by atoms with E-state index in [1.807, 2.05) is 42.5 Å². The molecule has 0 spiro atoms. The van der Waals surface area contributed by atoms with E-state index in [9.17, 15) is 5.11 Å². The van der Waals surface area contributed by atoms with Crippen LogP contribution in [0.2, 0.25) is 5.02 Å². The van der Waals surface area contributed by atoms with Gasteiger partial charge in [-0.25, -0.2) is 0 Å². The molecule has 0 saturated heterocycles. The van der Waals surface area contributed by atoms with Gasteiger partial charge in [-0.15, -0.1) is 0 Å². The maximum absolute atomic E-state index is 9.93. The van der Waals surface area contributed by atoms with Gasteiger partial charge >= 0.3 is 0 Å². The van der Waals surface area contributed by atoms with E-state index < -0.39 is 6.10 Å². The van der Waals surface area contributed by atoms with E-state index >= 15 is 0 Å². The number of benzene rings is 2. The number of halogens is 3. The summed E-state index contributed by atoms with van der Waals surface area (Å²) >= 11 is 11.7. The SMILES string of the molecule is OC(CNc1ccc(I)cc1Cl)COc1ccc(Br)cc1. The third kappa shape index (κ3) is 5.65. The summed E-state index contributed by atoms with van der Waals surface area (Å²) in [5.41, 5.74) is 0.805. The summed E-state index contributed by atoms with van der Waals surface area (Å²) in [6, 6.07) is 13.2. The molecule has 2 aromatic carbocycles. The highest BCUT2D eigenvalue weighted by Crippen LogP contribution is 2.23. The molecular formula is C15H14BrClINO2. The number of hydrogen-bond acceptors (Lipinski definition) is 3. The summed E-state index contributed by atoms with van der Waals surface area (Å²) in [5.74, 6) is 0.726. The number of ether oxygens (including phenoxy) is 1. The van der Waals surface area contributed by atoms with E-state index in [1.165, 1.54) is 0 Å². The van der Waals surface area contributed by atoms with Crippen molar-refractivity contribution in [1.29, 1.82) is 0 Å². The van der Waals surface area contributed by atoms with Gasteiger partial charge in [0.1, 0.15) is 18.5 Å².